The molecule has 2 atom stereocenters. The number of hydrogen-bond donors (Lipinski definition) is 0. The van der Waals surface area contributed by atoms with Gasteiger partial charge in [0.1, 0.15) is 6.61 Å². The molecular weight excluding hydrogens is 232 g/mol. The Balaban J connectivity index is 2.05. The number of halogens is 1. The highest BCUT2D eigenvalue weighted by Crippen LogP contribution is 2.27. The highest BCUT2D eigenvalue weighted by atomic mass is 79.9. The van der Waals surface area contributed by atoms with Gasteiger partial charge in [0, 0.05) is 11.4 Å². The topological polar surface area (TPSA) is 18.5 Å². The van der Waals surface area contributed by atoms with E-state index in [4.69, 9.17) is 9.47 Å². The van der Waals surface area contributed by atoms with Gasteiger partial charge in [0.25, 0.3) is 0 Å². The quantitative estimate of drug-likeness (QED) is 0.660. The van der Waals surface area contributed by atoms with Gasteiger partial charge in [0.05, 0.1) is 12.4 Å². The first kappa shape index (κ1) is 9.28. The highest BCUT2D eigenvalue weighted by molar-refractivity contribution is 9.09. The van der Waals surface area contributed by atoms with E-state index < -0.39 is 0 Å². The molecule has 1 fully saturated rings. The van der Waals surface area contributed by atoms with E-state index in [1.165, 1.54) is 12.0 Å². The largest absolute Gasteiger partial charge is 0.497 e. The van der Waals surface area contributed by atoms with Gasteiger partial charge in [-0.15, -0.1) is 0 Å². The Hall–Kier alpha value is -0.280. The van der Waals surface area contributed by atoms with Crippen molar-refractivity contribution >= 4 is 15.9 Å². The van der Waals surface area contributed by atoms with E-state index in [1.54, 1.807) is 6.26 Å². The normalized spacial score (nSPS) is 33.8. The molecule has 72 valence electrons. The van der Waals surface area contributed by atoms with Gasteiger partial charge < -0.3 is 9.47 Å². The Kier molecular flexibility index (Phi) is 3.06. The number of ether oxygens (including phenoxy) is 2. The summed E-state index contributed by atoms with van der Waals surface area (Å²) in [7, 11) is 0. The summed E-state index contributed by atoms with van der Waals surface area (Å²) in [5.74, 6) is 0. The minimum absolute atomic E-state index is 0.207. The van der Waals surface area contributed by atoms with Crippen LogP contribution in [0.15, 0.2) is 24.0 Å². The second-order valence-electron chi connectivity index (χ2n) is 3.33. The van der Waals surface area contributed by atoms with Gasteiger partial charge in [-0.25, -0.2) is 0 Å². The standard InChI is InChI=1S/C10H13BrO2/c11-9-4-2-6-13-10(9)8-3-1-5-12-7-8/h1,3,5,9-10H,2,4,6-7H2. The number of hydrogen-bond acceptors (Lipinski definition) is 2. The van der Waals surface area contributed by atoms with E-state index in [0.717, 1.165) is 13.0 Å². The van der Waals surface area contributed by atoms with Gasteiger partial charge in [-0.1, -0.05) is 22.0 Å². The molecule has 1 saturated heterocycles. The lowest BCUT2D eigenvalue weighted by molar-refractivity contribution is 0.0379. The minimum atomic E-state index is 0.207. The number of alkyl halides is 1. The summed E-state index contributed by atoms with van der Waals surface area (Å²) in [6, 6.07) is 0. The molecular formula is C10H13BrO2. The summed E-state index contributed by atoms with van der Waals surface area (Å²) in [6.45, 7) is 1.54. The molecule has 3 heteroatoms. The molecule has 0 N–H and O–H groups in total. The van der Waals surface area contributed by atoms with E-state index in [0.29, 0.717) is 11.4 Å². The SMILES string of the molecule is BrC1CCCOC1C1=CC=COC1. The van der Waals surface area contributed by atoms with E-state index >= 15 is 0 Å². The fourth-order valence-electron chi connectivity index (χ4n) is 1.67. The van der Waals surface area contributed by atoms with Crippen molar-refractivity contribution in [2.45, 2.75) is 23.8 Å². The summed E-state index contributed by atoms with van der Waals surface area (Å²) < 4.78 is 10.9. The molecule has 0 spiro atoms. The Morgan fingerprint density at radius 2 is 2.38 bits per heavy atom. The maximum absolute atomic E-state index is 5.70. The predicted octanol–water partition coefficient (Wildman–Crippen LogP) is 2.40. The van der Waals surface area contributed by atoms with Gasteiger partial charge >= 0.3 is 0 Å². The maximum Gasteiger partial charge on any atom is 0.111 e. The van der Waals surface area contributed by atoms with Gasteiger partial charge in [-0.3, -0.25) is 0 Å². The van der Waals surface area contributed by atoms with Crippen molar-refractivity contribution in [3.8, 4) is 0 Å². The summed E-state index contributed by atoms with van der Waals surface area (Å²) in [5.41, 5.74) is 1.24. The first-order valence-corrected chi connectivity index (χ1v) is 5.52. The molecule has 2 nitrogen and oxygen atoms in total. The predicted molar refractivity (Wildman–Crippen MR) is 54.9 cm³/mol. The molecule has 2 rings (SSSR count). The highest BCUT2D eigenvalue weighted by Gasteiger charge is 2.27. The van der Waals surface area contributed by atoms with Crippen LogP contribution >= 0.6 is 15.9 Å². The van der Waals surface area contributed by atoms with Crippen molar-refractivity contribution < 1.29 is 9.47 Å². The van der Waals surface area contributed by atoms with Crippen LogP contribution in [0, 0.1) is 0 Å². The lowest BCUT2D eigenvalue weighted by atomic mass is 10.0. The van der Waals surface area contributed by atoms with E-state index in [-0.39, 0.29) is 6.10 Å². The average molecular weight is 245 g/mol. The molecule has 0 bridgehead atoms. The number of rotatable bonds is 1. The monoisotopic (exact) mass is 244 g/mol. The van der Waals surface area contributed by atoms with Gasteiger partial charge in [-0.2, -0.15) is 0 Å². The molecule has 2 aliphatic rings. The Morgan fingerprint density at radius 1 is 1.46 bits per heavy atom. The van der Waals surface area contributed by atoms with Crippen LogP contribution in [0.4, 0.5) is 0 Å². The minimum Gasteiger partial charge on any atom is -0.497 e. The first-order chi connectivity index (χ1) is 6.38. The van der Waals surface area contributed by atoms with Crippen LogP contribution < -0.4 is 0 Å². The molecule has 0 aromatic rings. The van der Waals surface area contributed by atoms with Crippen molar-refractivity contribution in [2.75, 3.05) is 13.2 Å². The summed E-state index contributed by atoms with van der Waals surface area (Å²) in [5, 5.41) is 0. The van der Waals surface area contributed by atoms with Crippen LogP contribution in [0.25, 0.3) is 0 Å². The molecule has 2 unspecified atom stereocenters. The Morgan fingerprint density at radius 3 is 3.08 bits per heavy atom. The van der Waals surface area contributed by atoms with Gasteiger partial charge in [0.15, 0.2) is 0 Å². The summed E-state index contributed by atoms with van der Waals surface area (Å²) in [4.78, 5) is 0.447. The lowest BCUT2D eigenvalue weighted by Crippen LogP contribution is -2.33. The summed E-state index contributed by atoms with van der Waals surface area (Å²) >= 11 is 3.64. The fourth-order valence-corrected chi connectivity index (χ4v) is 2.49. The molecule has 0 radical (unpaired) electrons. The van der Waals surface area contributed by atoms with Crippen LogP contribution in [0.5, 0.6) is 0 Å². The molecule has 0 amide bonds. The third-order valence-corrected chi connectivity index (χ3v) is 3.29. The van der Waals surface area contributed by atoms with Gasteiger partial charge in [0.2, 0.25) is 0 Å². The van der Waals surface area contributed by atoms with Crippen LogP contribution in [0.1, 0.15) is 12.8 Å². The van der Waals surface area contributed by atoms with Crippen molar-refractivity contribution in [1.82, 2.24) is 0 Å². The lowest BCUT2D eigenvalue weighted by Gasteiger charge is -2.30. The van der Waals surface area contributed by atoms with E-state index in [9.17, 15) is 0 Å². The molecule has 0 aromatic carbocycles. The maximum atomic E-state index is 5.70. The third kappa shape index (κ3) is 2.15. The first-order valence-electron chi connectivity index (χ1n) is 4.61. The van der Waals surface area contributed by atoms with Crippen molar-refractivity contribution in [3.63, 3.8) is 0 Å². The molecule has 0 aliphatic carbocycles. The molecule has 13 heavy (non-hydrogen) atoms. The number of allylic oxidation sites excluding steroid dienone is 2. The van der Waals surface area contributed by atoms with E-state index in [1.807, 2.05) is 6.08 Å². The average Bonchev–Trinajstić information content (AvgIpc) is 2.20. The zero-order valence-corrected chi connectivity index (χ0v) is 9.00. The van der Waals surface area contributed by atoms with Crippen molar-refractivity contribution in [1.29, 1.82) is 0 Å². The van der Waals surface area contributed by atoms with Crippen molar-refractivity contribution in [2.24, 2.45) is 0 Å². The van der Waals surface area contributed by atoms with Crippen LogP contribution in [0.3, 0.4) is 0 Å². The summed E-state index contributed by atoms with van der Waals surface area (Å²) in [6.07, 6.45) is 8.28. The Bertz CT molecular complexity index is 235. The van der Waals surface area contributed by atoms with Crippen LogP contribution in [0.2, 0.25) is 0 Å². The zero-order valence-electron chi connectivity index (χ0n) is 7.41. The molecule has 0 saturated carbocycles. The van der Waals surface area contributed by atoms with Gasteiger partial charge in [-0.05, 0) is 24.5 Å². The zero-order chi connectivity index (χ0) is 9.10. The molecule has 0 aromatic heterocycles. The second kappa shape index (κ2) is 4.29. The second-order valence-corrected chi connectivity index (χ2v) is 4.51. The third-order valence-electron chi connectivity index (χ3n) is 2.35. The smallest absolute Gasteiger partial charge is 0.111 e. The molecule has 2 heterocycles. The Labute approximate surface area is 86.7 Å². The van der Waals surface area contributed by atoms with E-state index in [2.05, 4.69) is 22.0 Å². The molecule has 2 aliphatic heterocycles. The van der Waals surface area contributed by atoms with Crippen LogP contribution in [-0.4, -0.2) is 24.1 Å². The van der Waals surface area contributed by atoms with Crippen LogP contribution in [-0.2, 0) is 9.47 Å². The fraction of sp³-hybridized carbons (Fsp3) is 0.600. The van der Waals surface area contributed by atoms with Crippen molar-refractivity contribution in [3.05, 3.63) is 24.0 Å².